The fourth-order valence-electron chi connectivity index (χ4n) is 2.96. The number of piperazine rings is 1. The number of hydrogen-bond donors (Lipinski definition) is 1. The van der Waals surface area contributed by atoms with Gasteiger partial charge in [-0.25, -0.2) is 4.98 Å². The van der Waals surface area contributed by atoms with Crippen molar-refractivity contribution in [2.24, 2.45) is 0 Å². The van der Waals surface area contributed by atoms with Crippen LogP contribution in [0.3, 0.4) is 0 Å². The van der Waals surface area contributed by atoms with Gasteiger partial charge in [0.2, 0.25) is 5.88 Å². The molecule has 0 saturated carbocycles. The molecule has 4 heterocycles. The lowest BCUT2D eigenvalue weighted by Crippen LogP contribution is -2.43. The van der Waals surface area contributed by atoms with Gasteiger partial charge in [-0.1, -0.05) is 0 Å². The van der Waals surface area contributed by atoms with Crippen LogP contribution in [0.5, 0.6) is 5.88 Å². The summed E-state index contributed by atoms with van der Waals surface area (Å²) in [6, 6.07) is 6.16. The number of aromatic nitrogens is 2. The number of nitrogens with zero attached hydrogens (tertiary/aromatic N) is 3. The molecule has 0 aromatic carbocycles. The molecule has 5 nitrogen and oxygen atoms in total. The molecule has 1 aliphatic heterocycles. The summed E-state index contributed by atoms with van der Waals surface area (Å²) in [5.74, 6) is 0.746. The average Bonchev–Trinajstić information content (AvgIpc) is 3.20. The highest BCUT2D eigenvalue weighted by atomic mass is 32.1. The molecule has 3 aromatic rings. The lowest BCUT2D eigenvalue weighted by molar-refractivity contribution is 0.212. The third-order valence-electron chi connectivity index (χ3n) is 4.10. The number of hydrogen-bond acceptors (Lipinski definition) is 5. The molecule has 0 amide bonds. The summed E-state index contributed by atoms with van der Waals surface area (Å²) in [6.45, 7) is 6.29. The second-order valence-electron chi connectivity index (χ2n) is 5.59. The fraction of sp³-hybridized carbons (Fsp3) is 0.438. The van der Waals surface area contributed by atoms with Crippen LogP contribution in [-0.4, -0.2) is 53.6 Å². The van der Waals surface area contributed by atoms with Crippen molar-refractivity contribution in [1.82, 2.24) is 19.6 Å². The van der Waals surface area contributed by atoms with Gasteiger partial charge in [-0.15, -0.1) is 11.3 Å². The molecule has 0 bridgehead atoms. The third kappa shape index (κ3) is 2.69. The van der Waals surface area contributed by atoms with Gasteiger partial charge in [0.15, 0.2) is 0 Å². The van der Waals surface area contributed by atoms with Crippen molar-refractivity contribution in [3.8, 4) is 5.88 Å². The molecule has 0 unspecified atom stereocenters. The minimum absolute atomic E-state index is 0.716. The molecule has 1 fully saturated rings. The Morgan fingerprint density at radius 1 is 1.27 bits per heavy atom. The highest BCUT2D eigenvalue weighted by molar-refractivity contribution is 7.16. The van der Waals surface area contributed by atoms with E-state index in [9.17, 15) is 0 Å². The first-order valence-electron chi connectivity index (χ1n) is 7.82. The lowest BCUT2D eigenvalue weighted by Gasteiger charge is -2.26. The number of nitrogens with one attached hydrogen (secondary N) is 1. The van der Waals surface area contributed by atoms with E-state index in [2.05, 4.69) is 37.2 Å². The first-order chi connectivity index (χ1) is 10.9. The summed E-state index contributed by atoms with van der Waals surface area (Å²) < 4.78 is 8.14. The topological polar surface area (TPSA) is 41.8 Å². The van der Waals surface area contributed by atoms with Gasteiger partial charge in [0.05, 0.1) is 6.61 Å². The van der Waals surface area contributed by atoms with Gasteiger partial charge in [-0.05, 0) is 30.0 Å². The van der Waals surface area contributed by atoms with E-state index in [1.54, 1.807) is 11.3 Å². The standard InChI is InChI=1S/C16H20N4OS/c1-3-14-15(18-13-4-12-22-16(13)20(14)8-1)21-11-2-7-19-9-5-17-6-10-19/h1,3-4,8,12,17H,2,5-7,9-11H2. The Kier molecular flexibility index (Phi) is 3.97. The Bertz CT molecular complexity index is 760. The molecular formula is C16H20N4OS. The molecule has 0 aliphatic carbocycles. The number of thiophene rings is 1. The lowest BCUT2D eigenvalue weighted by atomic mass is 10.3. The molecule has 6 heteroatoms. The molecule has 22 heavy (non-hydrogen) atoms. The quantitative estimate of drug-likeness (QED) is 0.733. The van der Waals surface area contributed by atoms with Crippen molar-refractivity contribution >= 4 is 27.2 Å². The van der Waals surface area contributed by atoms with Crippen molar-refractivity contribution in [1.29, 1.82) is 0 Å². The van der Waals surface area contributed by atoms with Gasteiger partial charge in [0.25, 0.3) is 0 Å². The van der Waals surface area contributed by atoms with Crippen molar-refractivity contribution in [3.63, 3.8) is 0 Å². The molecule has 0 spiro atoms. The van der Waals surface area contributed by atoms with Crippen LogP contribution in [-0.2, 0) is 0 Å². The summed E-state index contributed by atoms with van der Waals surface area (Å²) in [6.07, 6.45) is 3.11. The normalized spacial score (nSPS) is 16.5. The third-order valence-corrected chi connectivity index (χ3v) is 5.00. The Labute approximate surface area is 133 Å². The second kappa shape index (κ2) is 6.24. The first-order valence-corrected chi connectivity index (χ1v) is 8.70. The zero-order chi connectivity index (χ0) is 14.8. The van der Waals surface area contributed by atoms with E-state index < -0.39 is 0 Å². The minimum atomic E-state index is 0.716. The van der Waals surface area contributed by atoms with Crippen LogP contribution >= 0.6 is 11.3 Å². The van der Waals surface area contributed by atoms with Crippen LogP contribution in [0.2, 0.25) is 0 Å². The molecule has 4 rings (SSSR count). The van der Waals surface area contributed by atoms with E-state index in [0.717, 1.165) is 56.1 Å². The SMILES string of the molecule is c1cc2c(OCCCN3CCNCC3)nc3ccsc3n2c1. The Hall–Kier alpha value is -1.63. The molecule has 3 aromatic heterocycles. The van der Waals surface area contributed by atoms with E-state index in [4.69, 9.17) is 4.74 Å². The van der Waals surface area contributed by atoms with E-state index in [1.807, 2.05) is 12.1 Å². The molecule has 0 atom stereocenters. The van der Waals surface area contributed by atoms with Gasteiger partial charge < -0.3 is 19.4 Å². The molecule has 1 saturated heterocycles. The minimum Gasteiger partial charge on any atom is -0.476 e. The predicted octanol–water partition coefficient (Wildman–Crippen LogP) is 2.22. The summed E-state index contributed by atoms with van der Waals surface area (Å²) in [4.78, 5) is 8.33. The largest absolute Gasteiger partial charge is 0.476 e. The van der Waals surface area contributed by atoms with Gasteiger partial charge >= 0.3 is 0 Å². The summed E-state index contributed by atoms with van der Waals surface area (Å²) in [5.41, 5.74) is 2.06. The van der Waals surface area contributed by atoms with Crippen LogP contribution in [0.4, 0.5) is 0 Å². The Morgan fingerprint density at radius 2 is 2.18 bits per heavy atom. The summed E-state index contributed by atoms with van der Waals surface area (Å²) in [7, 11) is 0. The van der Waals surface area contributed by atoms with Crippen LogP contribution in [0, 0.1) is 0 Å². The molecule has 1 aliphatic rings. The van der Waals surface area contributed by atoms with Crippen molar-refractivity contribution in [2.75, 3.05) is 39.3 Å². The average molecular weight is 316 g/mol. The maximum Gasteiger partial charge on any atom is 0.238 e. The molecule has 1 N–H and O–H groups in total. The predicted molar refractivity (Wildman–Crippen MR) is 90.0 cm³/mol. The van der Waals surface area contributed by atoms with Crippen molar-refractivity contribution in [3.05, 3.63) is 29.8 Å². The number of rotatable bonds is 5. The van der Waals surface area contributed by atoms with Crippen LogP contribution in [0.15, 0.2) is 29.8 Å². The van der Waals surface area contributed by atoms with Crippen molar-refractivity contribution < 1.29 is 4.74 Å². The number of fused-ring (bicyclic) bond motifs is 3. The number of ether oxygens (including phenoxy) is 1. The van der Waals surface area contributed by atoms with E-state index in [1.165, 1.54) is 4.83 Å². The Balaban J connectivity index is 1.43. The Morgan fingerprint density at radius 3 is 3.09 bits per heavy atom. The summed E-state index contributed by atoms with van der Waals surface area (Å²) in [5, 5.41) is 5.45. The van der Waals surface area contributed by atoms with Crippen molar-refractivity contribution in [2.45, 2.75) is 6.42 Å². The van der Waals surface area contributed by atoms with Crippen LogP contribution in [0.1, 0.15) is 6.42 Å². The fourth-order valence-corrected chi connectivity index (χ4v) is 3.79. The monoisotopic (exact) mass is 316 g/mol. The summed E-state index contributed by atoms with van der Waals surface area (Å²) >= 11 is 1.71. The highest BCUT2D eigenvalue weighted by Crippen LogP contribution is 2.27. The smallest absolute Gasteiger partial charge is 0.238 e. The van der Waals surface area contributed by atoms with E-state index in [0.29, 0.717) is 6.61 Å². The zero-order valence-electron chi connectivity index (χ0n) is 12.5. The first kappa shape index (κ1) is 14.0. The highest BCUT2D eigenvalue weighted by Gasteiger charge is 2.11. The maximum atomic E-state index is 5.98. The zero-order valence-corrected chi connectivity index (χ0v) is 13.3. The van der Waals surface area contributed by atoms with E-state index in [-0.39, 0.29) is 0 Å². The van der Waals surface area contributed by atoms with Crippen LogP contribution in [0.25, 0.3) is 15.9 Å². The van der Waals surface area contributed by atoms with Gasteiger partial charge in [0.1, 0.15) is 15.9 Å². The van der Waals surface area contributed by atoms with Gasteiger partial charge in [-0.3, -0.25) is 0 Å². The van der Waals surface area contributed by atoms with E-state index >= 15 is 0 Å². The van der Waals surface area contributed by atoms with Crippen LogP contribution < -0.4 is 10.1 Å². The maximum absolute atomic E-state index is 5.98. The molecular weight excluding hydrogens is 296 g/mol. The van der Waals surface area contributed by atoms with Gasteiger partial charge in [0, 0.05) is 38.9 Å². The molecule has 0 radical (unpaired) electrons. The second-order valence-corrected chi connectivity index (χ2v) is 6.48. The van der Waals surface area contributed by atoms with Gasteiger partial charge in [-0.2, -0.15) is 0 Å². The molecule has 116 valence electrons.